The first-order chi connectivity index (χ1) is 8.81. The lowest BCUT2D eigenvalue weighted by molar-refractivity contribution is 0.297. The molecule has 0 aliphatic rings. The fourth-order valence-electron chi connectivity index (χ4n) is 2.10. The number of unbranched alkanes of at least 4 members (excludes halogenated alkanes) is 9. The molecule has 108 valence electrons. The van der Waals surface area contributed by atoms with Gasteiger partial charge >= 0.3 is 0 Å². The molecule has 2 heteroatoms. The molecule has 0 aromatic carbocycles. The standard InChI is InChI=1S/C16H33NO/c1-3-4-5-6-7-8-9-10-11-12-13-16(2)17-14-15-18/h13,17-18H,3-12,14-15H2,1-2H3. The van der Waals surface area contributed by atoms with E-state index in [2.05, 4.69) is 25.2 Å². The molecule has 0 aliphatic carbocycles. The SMILES string of the molecule is CCCCCCCCCCCC=C(C)NCCO. The first-order valence-electron chi connectivity index (χ1n) is 7.82. The summed E-state index contributed by atoms with van der Waals surface area (Å²) in [6.45, 7) is 5.22. The molecular formula is C16H33NO. The summed E-state index contributed by atoms with van der Waals surface area (Å²) >= 11 is 0. The molecule has 0 heterocycles. The van der Waals surface area contributed by atoms with Crippen molar-refractivity contribution in [1.82, 2.24) is 5.32 Å². The molecule has 0 rings (SSSR count). The molecule has 0 spiro atoms. The normalized spacial score (nSPS) is 11.8. The molecule has 0 fully saturated rings. The van der Waals surface area contributed by atoms with E-state index in [0.717, 1.165) is 0 Å². The Kier molecular flexibility index (Phi) is 14.2. The van der Waals surface area contributed by atoms with Gasteiger partial charge in [0.05, 0.1) is 6.61 Å². The van der Waals surface area contributed by atoms with Crippen molar-refractivity contribution in [2.75, 3.05) is 13.2 Å². The molecule has 0 aliphatic heterocycles. The molecule has 2 nitrogen and oxygen atoms in total. The van der Waals surface area contributed by atoms with E-state index >= 15 is 0 Å². The Labute approximate surface area is 114 Å². The number of aliphatic hydroxyl groups excluding tert-OH is 1. The second-order valence-electron chi connectivity index (χ2n) is 5.15. The van der Waals surface area contributed by atoms with E-state index in [1.165, 1.54) is 69.9 Å². The van der Waals surface area contributed by atoms with Crippen molar-refractivity contribution in [3.63, 3.8) is 0 Å². The van der Waals surface area contributed by atoms with Gasteiger partial charge < -0.3 is 10.4 Å². The van der Waals surface area contributed by atoms with Gasteiger partial charge in [0.1, 0.15) is 0 Å². The molecule has 0 saturated carbocycles. The summed E-state index contributed by atoms with van der Waals surface area (Å²) in [7, 11) is 0. The lowest BCUT2D eigenvalue weighted by Gasteiger charge is -2.04. The first kappa shape index (κ1) is 17.5. The van der Waals surface area contributed by atoms with Crippen molar-refractivity contribution in [2.24, 2.45) is 0 Å². The van der Waals surface area contributed by atoms with Gasteiger partial charge in [-0.25, -0.2) is 0 Å². The number of rotatable bonds is 13. The smallest absolute Gasteiger partial charge is 0.0603 e. The highest BCUT2D eigenvalue weighted by molar-refractivity contribution is 4.94. The van der Waals surface area contributed by atoms with Crippen LogP contribution in [0.25, 0.3) is 0 Å². The van der Waals surface area contributed by atoms with Crippen LogP contribution in [0.2, 0.25) is 0 Å². The van der Waals surface area contributed by atoms with Crippen LogP contribution in [0.3, 0.4) is 0 Å². The van der Waals surface area contributed by atoms with E-state index in [0.29, 0.717) is 6.54 Å². The maximum absolute atomic E-state index is 8.67. The summed E-state index contributed by atoms with van der Waals surface area (Å²) in [5, 5.41) is 11.8. The lowest BCUT2D eigenvalue weighted by atomic mass is 10.1. The van der Waals surface area contributed by atoms with Crippen LogP contribution < -0.4 is 5.32 Å². The first-order valence-corrected chi connectivity index (χ1v) is 7.82. The summed E-state index contributed by atoms with van der Waals surface area (Å²) in [6, 6.07) is 0. The Morgan fingerprint density at radius 1 is 0.944 bits per heavy atom. The van der Waals surface area contributed by atoms with Crippen molar-refractivity contribution in [1.29, 1.82) is 0 Å². The van der Waals surface area contributed by atoms with Gasteiger partial charge in [-0.2, -0.15) is 0 Å². The third-order valence-corrected chi connectivity index (χ3v) is 3.27. The van der Waals surface area contributed by atoms with Gasteiger partial charge in [-0.05, 0) is 19.8 Å². The molecule has 0 unspecified atom stereocenters. The van der Waals surface area contributed by atoms with Crippen molar-refractivity contribution < 1.29 is 5.11 Å². The maximum Gasteiger partial charge on any atom is 0.0603 e. The third kappa shape index (κ3) is 13.6. The predicted molar refractivity (Wildman–Crippen MR) is 80.7 cm³/mol. The van der Waals surface area contributed by atoms with Gasteiger partial charge in [0.15, 0.2) is 0 Å². The van der Waals surface area contributed by atoms with Gasteiger partial charge in [-0.15, -0.1) is 0 Å². The monoisotopic (exact) mass is 255 g/mol. The van der Waals surface area contributed by atoms with Gasteiger partial charge in [0.2, 0.25) is 0 Å². The zero-order valence-electron chi connectivity index (χ0n) is 12.5. The highest BCUT2D eigenvalue weighted by atomic mass is 16.3. The molecule has 0 amide bonds. The van der Waals surface area contributed by atoms with E-state index in [1.54, 1.807) is 0 Å². The van der Waals surface area contributed by atoms with E-state index in [4.69, 9.17) is 5.11 Å². The van der Waals surface area contributed by atoms with Gasteiger partial charge in [0, 0.05) is 12.2 Å². The lowest BCUT2D eigenvalue weighted by Crippen LogP contribution is -2.15. The second kappa shape index (κ2) is 14.6. The van der Waals surface area contributed by atoms with Crippen molar-refractivity contribution in [3.8, 4) is 0 Å². The average molecular weight is 255 g/mol. The van der Waals surface area contributed by atoms with Crippen LogP contribution in [0, 0.1) is 0 Å². The predicted octanol–water partition coefficient (Wildman–Crippen LogP) is 4.39. The topological polar surface area (TPSA) is 32.3 Å². The Bertz CT molecular complexity index is 190. The van der Waals surface area contributed by atoms with Crippen molar-refractivity contribution in [3.05, 3.63) is 11.8 Å². The van der Waals surface area contributed by atoms with Gasteiger partial charge in [-0.1, -0.05) is 64.4 Å². The second-order valence-corrected chi connectivity index (χ2v) is 5.15. The summed E-state index contributed by atoms with van der Waals surface area (Å²) < 4.78 is 0. The molecule has 0 atom stereocenters. The van der Waals surface area contributed by atoms with Crippen LogP contribution in [-0.4, -0.2) is 18.3 Å². The summed E-state index contributed by atoms with van der Waals surface area (Å²) in [5.74, 6) is 0. The number of allylic oxidation sites excluding steroid dienone is 2. The van der Waals surface area contributed by atoms with Crippen LogP contribution in [0.4, 0.5) is 0 Å². The number of hydrogen-bond acceptors (Lipinski definition) is 2. The van der Waals surface area contributed by atoms with Gasteiger partial charge in [0.25, 0.3) is 0 Å². The summed E-state index contributed by atoms with van der Waals surface area (Å²) in [4.78, 5) is 0. The molecule has 0 bridgehead atoms. The van der Waals surface area contributed by atoms with Crippen LogP contribution in [0.5, 0.6) is 0 Å². The zero-order valence-corrected chi connectivity index (χ0v) is 12.5. The molecule has 0 radical (unpaired) electrons. The fraction of sp³-hybridized carbons (Fsp3) is 0.875. The van der Waals surface area contributed by atoms with Crippen molar-refractivity contribution >= 4 is 0 Å². The molecule has 18 heavy (non-hydrogen) atoms. The largest absolute Gasteiger partial charge is 0.395 e. The molecular weight excluding hydrogens is 222 g/mol. The Morgan fingerprint density at radius 2 is 1.50 bits per heavy atom. The average Bonchev–Trinajstić information content (AvgIpc) is 2.38. The number of hydrogen-bond donors (Lipinski definition) is 2. The summed E-state index contributed by atoms with van der Waals surface area (Å²) in [5.41, 5.74) is 1.20. The maximum atomic E-state index is 8.67. The van der Waals surface area contributed by atoms with Crippen LogP contribution in [0.1, 0.15) is 78.1 Å². The molecule has 2 N–H and O–H groups in total. The van der Waals surface area contributed by atoms with E-state index in [9.17, 15) is 0 Å². The number of aliphatic hydroxyl groups is 1. The Hall–Kier alpha value is -0.500. The third-order valence-electron chi connectivity index (χ3n) is 3.27. The minimum Gasteiger partial charge on any atom is -0.395 e. The fourth-order valence-corrected chi connectivity index (χ4v) is 2.10. The molecule has 0 aromatic heterocycles. The number of nitrogens with one attached hydrogen (secondary N) is 1. The van der Waals surface area contributed by atoms with E-state index in [1.807, 2.05) is 0 Å². The summed E-state index contributed by atoms with van der Waals surface area (Å²) in [6.07, 6.45) is 15.9. The zero-order chi connectivity index (χ0) is 13.5. The minimum atomic E-state index is 0.212. The van der Waals surface area contributed by atoms with Crippen LogP contribution in [0.15, 0.2) is 11.8 Å². The molecule has 0 saturated heterocycles. The van der Waals surface area contributed by atoms with Gasteiger partial charge in [-0.3, -0.25) is 0 Å². The van der Waals surface area contributed by atoms with Crippen LogP contribution >= 0.6 is 0 Å². The quantitative estimate of drug-likeness (QED) is 0.478. The Morgan fingerprint density at radius 3 is 2.06 bits per heavy atom. The van der Waals surface area contributed by atoms with E-state index < -0.39 is 0 Å². The van der Waals surface area contributed by atoms with Crippen LogP contribution in [-0.2, 0) is 0 Å². The van der Waals surface area contributed by atoms with E-state index in [-0.39, 0.29) is 6.61 Å². The highest BCUT2D eigenvalue weighted by Gasteiger charge is 1.92. The molecule has 0 aromatic rings. The Balaban J connectivity index is 3.15. The highest BCUT2D eigenvalue weighted by Crippen LogP contribution is 2.10. The minimum absolute atomic E-state index is 0.212. The van der Waals surface area contributed by atoms with Crippen molar-refractivity contribution in [2.45, 2.75) is 78.1 Å².